The lowest BCUT2D eigenvalue weighted by molar-refractivity contribution is -0.150. The van der Waals surface area contributed by atoms with E-state index in [0.29, 0.717) is 6.61 Å². The summed E-state index contributed by atoms with van der Waals surface area (Å²) in [6, 6.07) is 0. The molecule has 6 heteroatoms. The zero-order chi connectivity index (χ0) is 15.0. The molecule has 114 valence electrons. The summed E-state index contributed by atoms with van der Waals surface area (Å²) < 4.78 is 6.95. The summed E-state index contributed by atoms with van der Waals surface area (Å²) in [6.45, 7) is 6.93. The van der Waals surface area contributed by atoms with Crippen LogP contribution in [0, 0.1) is 0 Å². The van der Waals surface area contributed by atoms with Gasteiger partial charge in [0, 0.05) is 18.1 Å². The van der Waals surface area contributed by atoms with Crippen molar-refractivity contribution in [2.24, 2.45) is 7.05 Å². The van der Waals surface area contributed by atoms with Crippen LogP contribution in [-0.2, 0) is 16.6 Å². The van der Waals surface area contributed by atoms with Crippen LogP contribution < -0.4 is 5.32 Å². The van der Waals surface area contributed by atoms with E-state index >= 15 is 0 Å². The van der Waals surface area contributed by atoms with Gasteiger partial charge in [-0.25, -0.2) is 0 Å². The van der Waals surface area contributed by atoms with Crippen LogP contribution in [0.1, 0.15) is 33.6 Å². The molecule has 20 heavy (non-hydrogen) atoms. The Balaban J connectivity index is 2.40. The molecule has 0 fully saturated rings. The van der Waals surface area contributed by atoms with Crippen LogP contribution in [0.15, 0.2) is 17.3 Å². The molecule has 0 spiro atoms. The zero-order valence-electron chi connectivity index (χ0n) is 12.8. The number of hydrogen-bond acceptors (Lipinski definition) is 5. The third-order valence-corrected chi connectivity index (χ3v) is 4.10. The van der Waals surface area contributed by atoms with Gasteiger partial charge in [0.15, 0.2) is 0 Å². The van der Waals surface area contributed by atoms with Gasteiger partial charge in [-0.1, -0.05) is 6.92 Å². The third-order valence-electron chi connectivity index (χ3n) is 3.06. The molecule has 1 unspecified atom stereocenters. The van der Waals surface area contributed by atoms with Crippen molar-refractivity contribution < 1.29 is 9.53 Å². The first-order valence-electron chi connectivity index (χ1n) is 7.05. The summed E-state index contributed by atoms with van der Waals surface area (Å²) in [7, 11) is 1.91. The van der Waals surface area contributed by atoms with Gasteiger partial charge in [0.2, 0.25) is 0 Å². The number of ether oxygens (including phenoxy) is 1. The van der Waals surface area contributed by atoms with Crippen molar-refractivity contribution in [3.63, 3.8) is 0 Å². The predicted molar refractivity (Wildman–Crippen MR) is 81.9 cm³/mol. The van der Waals surface area contributed by atoms with Crippen molar-refractivity contribution >= 4 is 17.7 Å². The number of likely N-dealkylation sites (N-methyl/N-ethyl adjacent to an activating group) is 1. The summed E-state index contributed by atoms with van der Waals surface area (Å²) >= 11 is 1.76. The Morgan fingerprint density at radius 3 is 2.85 bits per heavy atom. The van der Waals surface area contributed by atoms with Crippen LogP contribution in [0.3, 0.4) is 0 Å². The van der Waals surface area contributed by atoms with Crippen LogP contribution in [0.4, 0.5) is 0 Å². The molecule has 0 aliphatic rings. The molecule has 0 saturated heterocycles. The average Bonchev–Trinajstić information content (AvgIpc) is 2.81. The molecule has 1 N–H and O–H groups in total. The summed E-state index contributed by atoms with van der Waals surface area (Å²) in [4.78, 5) is 13.2. The molecule has 0 bridgehead atoms. The van der Waals surface area contributed by atoms with Gasteiger partial charge in [0.1, 0.15) is 5.54 Å². The summed E-state index contributed by atoms with van der Waals surface area (Å²) in [5.41, 5.74) is -0.583. The molecule has 1 rings (SSSR count). The van der Waals surface area contributed by atoms with Gasteiger partial charge in [-0.15, -0.1) is 11.8 Å². The molecule has 0 aliphatic heterocycles. The Morgan fingerprint density at radius 2 is 2.30 bits per heavy atom. The lowest BCUT2D eigenvalue weighted by Gasteiger charge is -2.28. The van der Waals surface area contributed by atoms with Gasteiger partial charge in [0.05, 0.1) is 12.8 Å². The monoisotopic (exact) mass is 299 g/mol. The number of nitrogens with one attached hydrogen (secondary N) is 1. The van der Waals surface area contributed by atoms with Crippen LogP contribution in [0.5, 0.6) is 0 Å². The van der Waals surface area contributed by atoms with Crippen LogP contribution in [0.25, 0.3) is 0 Å². The minimum absolute atomic E-state index is 0.159. The fourth-order valence-electron chi connectivity index (χ4n) is 2.03. The Labute approximate surface area is 125 Å². The lowest BCUT2D eigenvalue weighted by Crippen LogP contribution is -2.50. The maximum atomic E-state index is 12.0. The highest BCUT2D eigenvalue weighted by Gasteiger charge is 2.32. The molecule has 0 aliphatic carbocycles. The highest BCUT2D eigenvalue weighted by atomic mass is 32.2. The first-order chi connectivity index (χ1) is 9.51. The molecule has 1 heterocycles. The molecular weight excluding hydrogens is 274 g/mol. The zero-order valence-corrected chi connectivity index (χ0v) is 13.6. The topological polar surface area (TPSA) is 56.2 Å². The second-order valence-electron chi connectivity index (χ2n) is 4.88. The molecule has 1 aromatic heterocycles. The number of carbonyl (C=O) groups excluding carboxylic acids is 1. The number of thioether (sulfide) groups is 1. The maximum absolute atomic E-state index is 12.0. The fourth-order valence-corrected chi connectivity index (χ4v) is 2.91. The lowest BCUT2D eigenvalue weighted by atomic mass is 9.96. The van der Waals surface area contributed by atoms with Crippen molar-refractivity contribution in [2.75, 3.05) is 18.9 Å². The van der Waals surface area contributed by atoms with Crippen LogP contribution in [0.2, 0.25) is 0 Å². The first-order valence-corrected chi connectivity index (χ1v) is 8.04. The second kappa shape index (κ2) is 8.32. The van der Waals surface area contributed by atoms with Gasteiger partial charge in [-0.05, 0) is 39.0 Å². The molecule has 5 nitrogen and oxygen atoms in total. The van der Waals surface area contributed by atoms with Crippen molar-refractivity contribution in [1.29, 1.82) is 0 Å². The minimum atomic E-state index is -0.583. The summed E-state index contributed by atoms with van der Waals surface area (Å²) in [5, 5.41) is 7.38. The Kier molecular flexibility index (Phi) is 7.09. The SMILES string of the molecule is CCNC(C)(CCCSc1cnn(C)c1)C(=O)OCC. The Hall–Kier alpha value is -1.01. The molecular formula is C14H25N3O2S. The Bertz CT molecular complexity index is 422. The third kappa shape index (κ3) is 5.17. The van der Waals surface area contributed by atoms with Gasteiger partial charge >= 0.3 is 5.97 Å². The van der Waals surface area contributed by atoms with E-state index in [-0.39, 0.29) is 5.97 Å². The van der Waals surface area contributed by atoms with Gasteiger partial charge in [0.25, 0.3) is 0 Å². The minimum Gasteiger partial charge on any atom is -0.465 e. The molecule has 0 aromatic carbocycles. The van der Waals surface area contributed by atoms with E-state index in [4.69, 9.17) is 4.74 Å². The highest BCUT2D eigenvalue weighted by Crippen LogP contribution is 2.21. The van der Waals surface area contributed by atoms with E-state index in [1.54, 1.807) is 16.4 Å². The Morgan fingerprint density at radius 1 is 1.55 bits per heavy atom. The fraction of sp³-hybridized carbons (Fsp3) is 0.714. The number of hydrogen-bond donors (Lipinski definition) is 1. The maximum Gasteiger partial charge on any atom is 0.326 e. The van der Waals surface area contributed by atoms with Crippen LogP contribution in [-0.4, -0.2) is 40.2 Å². The number of carbonyl (C=O) groups is 1. The molecule has 0 saturated carbocycles. The molecule has 0 amide bonds. The van der Waals surface area contributed by atoms with E-state index in [0.717, 1.165) is 30.0 Å². The van der Waals surface area contributed by atoms with E-state index in [2.05, 4.69) is 10.4 Å². The number of esters is 1. The van der Waals surface area contributed by atoms with E-state index in [9.17, 15) is 4.79 Å². The predicted octanol–water partition coefficient (Wildman–Crippen LogP) is 2.22. The van der Waals surface area contributed by atoms with Crippen molar-refractivity contribution in [1.82, 2.24) is 15.1 Å². The van der Waals surface area contributed by atoms with Gasteiger partial charge < -0.3 is 10.1 Å². The molecule has 1 atom stereocenters. The number of rotatable bonds is 9. The average molecular weight is 299 g/mol. The summed E-state index contributed by atoms with van der Waals surface area (Å²) in [5.74, 6) is 0.805. The number of nitrogens with zero attached hydrogens (tertiary/aromatic N) is 2. The molecule has 0 radical (unpaired) electrons. The second-order valence-corrected chi connectivity index (χ2v) is 6.05. The molecule has 1 aromatic rings. The van der Waals surface area contributed by atoms with E-state index in [1.807, 2.05) is 40.2 Å². The standard InChI is InChI=1S/C14H25N3O2S/c1-5-15-14(3,13(18)19-6-2)8-7-9-20-12-10-16-17(4)11-12/h10-11,15H,5-9H2,1-4H3. The van der Waals surface area contributed by atoms with Gasteiger partial charge in [-0.2, -0.15) is 5.10 Å². The highest BCUT2D eigenvalue weighted by molar-refractivity contribution is 7.99. The van der Waals surface area contributed by atoms with Crippen molar-refractivity contribution in [3.05, 3.63) is 12.4 Å². The number of aryl methyl sites for hydroxylation is 1. The number of aromatic nitrogens is 2. The quantitative estimate of drug-likeness (QED) is 0.430. The smallest absolute Gasteiger partial charge is 0.326 e. The van der Waals surface area contributed by atoms with Crippen molar-refractivity contribution in [2.45, 2.75) is 44.0 Å². The largest absolute Gasteiger partial charge is 0.465 e. The normalized spacial score (nSPS) is 14.0. The summed E-state index contributed by atoms with van der Waals surface area (Å²) in [6.07, 6.45) is 5.58. The van der Waals surface area contributed by atoms with E-state index in [1.165, 1.54) is 0 Å². The van der Waals surface area contributed by atoms with Crippen LogP contribution >= 0.6 is 11.8 Å². The van der Waals surface area contributed by atoms with Gasteiger partial charge in [-0.3, -0.25) is 9.48 Å². The van der Waals surface area contributed by atoms with E-state index < -0.39 is 5.54 Å². The first kappa shape index (κ1) is 17.0. The van der Waals surface area contributed by atoms with Crippen molar-refractivity contribution in [3.8, 4) is 0 Å².